The van der Waals surface area contributed by atoms with E-state index < -0.39 is 0 Å². The van der Waals surface area contributed by atoms with Crippen molar-refractivity contribution in [3.63, 3.8) is 0 Å². The van der Waals surface area contributed by atoms with Gasteiger partial charge in [0.1, 0.15) is 0 Å². The van der Waals surface area contributed by atoms with Gasteiger partial charge in [0.15, 0.2) is 5.82 Å². The number of nitrogens with zero attached hydrogens (tertiary/aromatic N) is 1. The van der Waals surface area contributed by atoms with Gasteiger partial charge in [-0.3, -0.25) is 9.89 Å². The van der Waals surface area contributed by atoms with E-state index in [1.165, 1.54) is 0 Å². The van der Waals surface area contributed by atoms with Crippen molar-refractivity contribution >= 4 is 11.7 Å². The number of aromatic amines is 1. The number of H-pyrrole nitrogens is 1. The number of carbonyl (C=O) groups excluding carboxylic acids is 1. The first-order valence-corrected chi connectivity index (χ1v) is 5.61. The molecule has 0 aliphatic carbocycles. The third kappa shape index (κ3) is 2.72. The fraction of sp³-hybridized carbons (Fsp3) is 0.231. The second-order valence-electron chi connectivity index (χ2n) is 3.95. The largest absolute Gasteiger partial charge is 0.305 e. The average molecular weight is 229 g/mol. The third-order valence-corrected chi connectivity index (χ3v) is 2.57. The fourth-order valence-corrected chi connectivity index (χ4v) is 1.50. The molecule has 1 amide bonds. The molecule has 0 unspecified atom stereocenters. The van der Waals surface area contributed by atoms with E-state index in [0.29, 0.717) is 11.4 Å². The van der Waals surface area contributed by atoms with E-state index in [4.69, 9.17) is 0 Å². The van der Waals surface area contributed by atoms with Crippen LogP contribution >= 0.6 is 0 Å². The molecule has 0 atom stereocenters. The summed E-state index contributed by atoms with van der Waals surface area (Å²) in [5, 5.41) is 9.62. The summed E-state index contributed by atoms with van der Waals surface area (Å²) in [6.45, 7) is 4.02. The standard InChI is InChI=1S/C13H15N3O/c1-3-11-8-12(16-15-11)14-13(17)10-6-4-9(2)5-7-10/h4-8H,3H2,1-2H3,(H2,14,15,16,17). The molecule has 1 heterocycles. The minimum Gasteiger partial charge on any atom is -0.305 e. The first-order valence-electron chi connectivity index (χ1n) is 5.61. The summed E-state index contributed by atoms with van der Waals surface area (Å²) >= 11 is 0. The highest BCUT2D eigenvalue weighted by molar-refractivity contribution is 6.03. The Bertz CT molecular complexity index is 514. The Hall–Kier alpha value is -2.10. The van der Waals surface area contributed by atoms with Gasteiger partial charge in [-0.1, -0.05) is 24.6 Å². The van der Waals surface area contributed by atoms with E-state index in [9.17, 15) is 4.79 Å². The molecule has 0 saturated carbocycles. The highest BCUT2D eigenvalue weighted by Crippen LogP contribution is 2.09. The molecule has 2 rings (SSSR count). The molecule has 0 fully saturated rings. The Labute approximate surface area is 100 Å². The molecule has 0 bridgehead atoms. The maximum Gasteiger partial charge on any atom is 0.256 e. The predicted molar refractivity (Wildman–Crippen MR) is 67.1 cm³/mol. The lowest BCUT2D eigenvalue weighted by molar-refractivity contribution is 0.102. The normalized spacial score (nSPS) is 10.2. The average Bonchev–Trinajstić information content (AvgIpc) is 2.77. The lowest BCUT2D eigenvalue weighted by atomic mass is 10.1. The maximum absolute atomic E-state index is 11.9. The van der Waals surface area contributed by atoms with Gasteiger partial charge in [-0.2, -0.15) is 5.10 Å². The van der Waals surface area contributed by atoms with Gasteiger partial charge in [0.25, 0.3) is 5.91 Å². The molecule has 0 aliphatic rings. The Balaban J connectivity index is 2.08. The molecule has 2 N–H and O–H groups in total. The molecule has 88 valence electrons. The smallest absolute Gasteiger partial charge is 0.256 e. The van der Waals surface area contributed by atoms with E-state index in [-0.39, 0.29) is 5.91 Å². The lowest BCUT2D eigenvalue weighted by Crippen LogP contribution is -2.11. The quantitative estimate of drug-likeness (QED) is 0.849. The first-order chi connectivity index (χ1) is 8.19. The van der Waals surface area contributed by atoms with Gasteiger partial charge in [-0.15, -0.1) is 0 Å². The van der Waals surface area contributed by atoms with E-state index >= 15 is 0 Å². The van der Waals surface area contributed by atoms with Gasteiger partial charge < -0.3 is 5.32 Å². The molecule has 0 saturated heterocycles. The van der Waals surface area contributed by atoms with Gasteiger partial charge in [-0.25, -0.2) is 0 Å². The molecular weight excluding hydrogens is 214 g/mol. The molecule has 2 aromatic rings. The topological polar surface area (TPSA) is 57.8 Å². The number of hydrogen-bond acceptors (Lipinski definition) is 2. The molecule has 1 aromatic carbocycles. The highest BCUT2D eigenvalue weighted by Gasteiger charge is 2.07. The number of hydrogen-bond donors (Lipinski definition) is 2. The zero-order valence-electron chi connectivity index (χ0n) is 9.95. The summed E-state index contributed by atoms with van der Waals surface area (Å²) in [5.74, 6) is 0.423. The number of benzene rings is 1. The maximum atomic E-state index is 11.9. The number of carbonyl (C=O) groups is 1. The van der Waals surface area contributed by atoms with Crippen LogP contribution in [-0.2, 0) is 6.42 Å². The van der Waals surface area contributed by atoms with Crippen molar-refractivity contribution < 1.29 is 4.79 Å². The lowest BCUT2D eigenvalue weighted by Gasteiger charge is -2.01. The summed E-state index contributed by atoms with van der Waals surface area (Å²) in [5.41, 5.74) is 2.77. The van der Waals surface area contributed by atoms with Gasteiger partial charge in [0.2, 0.25) is 0 Å². The van der Waals surface area contributed by atoms with E-state index in [2.05, 4.69) is 15.5 Å². The molecule has 0 spiro atoms. The fourth-order valence-electron chi connectivity index (χ4n) is 1.50. The summed E-state index contributed by atoms with van der Waals surface area (Å²) in [6, 6.07) is 9.27. The Morgan fingerprint density at radius 1 is 1.35 bits per heavy atom. The number of amides is 1. The third-order valence-electron chi connectivity index (χ3n) is 2.57. The number of anilines is 1. The number of nitrogens with one attached hydrogen (secondary N) is 2. The van der Waals surface area contributed by atoms with E-state index in [1.54, 1.807) is 12.1 Å². The number of aromatic nitrogens is 2. The number of rotatable bonds is 3. The molecule has 17 heavy (non-hydrogen) atoms. The molecule has 4 nitrogen and oxygen atoms in total. The minimum atomic E-state index is -0.140. The zero-order valence-corrected chi connectivity index (χ0v) is 9.95. The summed E-state index contributed by atoms with van der Waals surface area (Å²) < 4.78 is 0. The van der Waals surface area contributed by atoms with Crippen molar-refractivity contribution in [2.45, 2.75) is 20.3 Å². The van der Waals surface area contributed by atoms with E-state index in [1.807, 2.05) is 32.0 Å². The molecular formula is C13H15N3O. The van der Waals surface area contributed by atoms with Crippen molar-refractivity contribution in [1.29, 1.82) is 0 Å². The van der Waals surface area contributed by atoms with Crippen LogP contribution in [0.15, 0.2) is 30.3 Å². The predicted octanol–water partition coefficient (Wildman–Crippen LogP) is 2.53. The van der Waals surface area contributed by atoms with Crippen molar-refractivity contribution in [3.05, 3.63) is 47.2 Å². The van der Waals surface area contributed by atoms with Crippen LogP contribution in [0.1, 0.15) is 28.5 Å². The molecule has 4 heteroatoms. The second kappa shape index (κ2) is 4.82. The zero-order chi connectivity index (χ0) is 12.3. The van der Waals surface area contributed by atoms with Gasteiger partial charge in [0, 0.05) is 17.3 Å². The van der Waals surface area contributed by atoms with Crippen molar-refractivity contribution in [1.82, 2.24) is 10.2 Å². The SMILES string of the molecule is CCc1cc(NC(=O)c2ccc(C)cc2)n[nH]1. The van der Waals surface area contributed by atoms with Crippen molar-refractivity contribution in [2.24, 2.45) is 0 Å². The van der Waals surface area contributed by atoms with Crippen LogP contribution in [0.4, 0.5) is 5.82 Å². The summed E-state index contributed by atoms with van der Waals surface area (Å²) in [4.78, 5) is 11.9. The summed E-state index contributed by atoms with van der Waals surface area (Å²) in [7, 11) is 0. The van der Waals surface area contributed by atoms with Crippen LogP contribution in [0.5, 0.6) is 0 Å². The van der Waals surface area contributed by atoms with E-state index in [0.717, 1.165) is 17.7 Å². The molecule has 1 aromatic heterocycles. The number of aryl methyl sites for hydroxylation is 2. The monoisotopic (exact) mass is 229 g/mol. The van der Waals surface area contributed by atoms with Crippen LogP contribution in [-0.4, -0.2) is 16.1 Å². The van der Waals surface area contributed by atoms with Gasteiger partial charge in [0.05, 0.1) is 0 Å². The summed E-state index contributed by atoms with van der Waals surface area (Å²) in [6.07, 6.45) is 0.868. The van der Waals surface area contributed by atoms with Gasteiger partial charge >= 0.3 is 0 Å². The Morgan fingerprint density at radius 3 is 2.65 bits per heavy atom. The van der Waals surface area contributed by atoms with Crippen LogP contribution in [0.25, 0.3) is 0 Å². The Kier molecular flexibility index (Phi) is 3.23. The minimum absolute atomic E-state index is 0.140. The molecule has 0 aliphatic heterocycles. The van der Waals surface area contributed by atoms with Crippen LogP contribution in [0.2, 0.25) is 0 Å². The van der Waals surface area contributed by atoms with Crippen LogP contribution in [0, 0.1) is 6.92 Å². The van der Waals surface area contributed by atoms with Gasteiger partial charge in [-0.05, 0) is 25.5 Å². The van der Waals surface area contributed by atoms with Crippen molar-refractivity contribution in [3.8, 4) is 0 Å². The van der Waals surface area contributed by atoms with Crippen LogP contribution in [0.3, 0.4) is 0 Å². The Morgan fingerprint density at radius 2 is 2.06 bits per heavy atom. The second-order valence-corrected chi connectivity index (χ2v) is 3.95. The highest BCUT2D eigenvalue weighted by atomic mass is 16.1. The molecule has 0 radical (unpaired) electrons. The first kappa shape index (κ1) is 11.4. The van der Waals surface area contributed by atoms with Crippen molar-refractivity contribution in [2.75, 3.05) is 5.32 Å². The van der Waals surface area contributed by atoms with Crippen LogP contribution < -0.4 is 5.32 Å².